The molecule has 5 rings (SSSR count). The monoisotopic (exact) mass is 372 g/mol. The van der Waals surface area contributed by atoms with Gasteiger partial charge in [0.25, 0.3) is 0 Å². The number of nitrogens with one attached hydrogen (secondary N) is 1. The van der Waals surface area contributed by atoms with E-state index in [1.54, 1.807) is 0 Å². The van der Waals surface area contributed by atoms with Gasteiger partial charge in [-0.05, 0) is 49.9 Å². The molecule has 2 aromatic rings. The smallest absolute Gasteiger partial charge is 0.207 e. The largest absolute Gasteiger partial charge is 0.381 e. The van der Waals surface area contributed by atoms with Gasteiger partial charge in [-0.25, -0.2) is 4.98 Å². The molecule has 2 atom stereocenters. The first-order valence-electron chi connectivity index (χ1n) is 9.52. The van der Waals surface area contributed by atoms with Crippen LogP contribution in [-0.2, 0) is 9.47 Å². The summed E-state index contributed by atoms with van der Waals surface area (Å²) in [5.41, 5.74) is 2.33. The van der Waals surface area contributed by atoms with Crippen LogP contribution >= 0.6 is 11.5 Å². The number of benzene rings is 1. The number of fused-ring (bicyclic) bond motifs is 2. The summed E-state index contributed by atoms with van der Waals surface area (Å²) in [4.78, 5) is 7.13. The molecule has 3 saturated heterocycles. The fourth-order valence-electron chi connectivity index (χ4n) is 4.11. The van der Waals surface area contributed by atoms with Gasteiger partial charge in [-0.1, -0.05) is 0 Å². The van der Waals surface area contributed by atoms with Crippen molar-refractivity contribution in [1.82, 2.24) is 9.36 Å². The number of anilines is 3. The summed E-state index contributed by atoms with van der Waals surface area (Å²) in [5, 5.41) is 4.26. The molecule has 4 heterocycles. The van der Waals surface area contributed by atoms with Gasteiger partial charge in [0.05, 0.1) is 12.2 Å². The Morgan fingerprint density at radius 1 is 1.00 bits per heavy atom. The molecule has 6 nitrogen and oxygen atoms in total. The van der Waals surface area contributed by atoms with E-state index >= 15 is 0 Å². The van der Waals surface area contributed by atoms with Crippen molar-refractivity contribution in [3.63, 3.8) is 0 Å². The van der Waals surface area contributed by atoms with Gasteiger partial charge in [0.1, 0.15) is 5.82 Å². The average molecular weight is 372 g/mol. The van der Waals surface area contributed by atoms with Crippen LogP contribution in [0.25, 0.3) is 0 Å². The van der Waals surface area contributed by atoms with Crippen molar-refractivity contribution in [3.05, 3.63) is 30.1 Å². The van der Waals surface area contributed by atoms with Crippen molar-refractivity contribution in [2.45, 2.75) is 43.8 Å². The molecular formula is C19H24N4O2S. The summed E-state index contributed by atoms with van der Waals surface area (Å²) in [6.45, 7) is 3.65. The quantitative estimate of drug-likeness (QED) is 0.886. The van der Waals surface area contributed by atoms with E-state index in [0.29, 0.717) is 18.1 Å². The van der Waals surface area contributed by atoms with Crippen LogP contribution in [0.1, 0.15) is 37.4 Å². The van der Waals surface area contributed by atoms with Gasteiger partial charge < -0.3 is 19.7 Å². The zero-order valence-electron chi connectivity index (χ0n) is 14.8. The van der Waals surface area contributed by atoms with Gasteiger partial charge in [-0.3, -0.25) is 0 Å². The Kier molecular flexibility index (Phi) is 4.52. The maximum Gasteiger partial charge on any atom is 0.207 e. The molecule has 0 saturated carbocycles. The second-order valence-corrected chi connectivity index (χ2v) is 8.13. The van der Waals surface area contributed by atoms with E-state index in [1.807, 2.05) is 0 Å². The molecule has 138 valence electrons. The number of ether oxygens (including phenoxy) is 2. The molecular weight excluding hydrogens is 348 g/mol. The number of morpholine rings is 1. The molecule has 0 amide bonds. The third-order valence-corrected chi connectivity index (χ3v) is 6.20. The zero-order valence-corrected chi connectivity index (χ0v) is 15.6. The fraction of sp³-hybridized carbons (Fsp3) is 0.579. The highest BCUT2D eigenvalue weighted by atomic mass is 32.1. The predicted molar refractivity (Wildman–Crippen MR) is 103 cm³/mol. The summed E-state index contributed by atoms with van der Waals surface area (Å²) in [7, 11) is 0. The van der Waals surface area contributed by atoms with Crippen molar-refractivity contribution in [1.29, 1.82) is 0 Å². The van der Waals surface area contributed by atoms with Crippen molar-refractivity contribution in [2.75, 3.05) is 36.5 Å². The maximum absolute atomic E-state index is 5.93. The van der Waals surface area contributed by atoms with Crippen molar-refractivity contribution in [2.24, 2.45) is 0 Å². The lowest BCUT2D eigenvalue weighted by Crippen LogP contribution is -2.42. The van der Waals surface area contributed by atoms with Crippen LogP contribution in [0.3, 0.4) is 0 Å². The standard InChI is InChI=1S/C19H24N4O2S/c1-3-15(23-11-16-5-6-17(12-23)25-16)4-2-14(1)20-19-21-18(22-26-19)13-7-9-24-10-8-13/h1-4,13,16-17H,5-12H2,(H,20,21,22). The topological polar surface area (TPSA) is 59.5 Å². The normalized spacial score (nSPS) is 26.2. The van der Waals surface area contributed by atoms with E-state index in [4.69, 9.17) is 9.47 Å². The molecule has 1 N–H and O–H groups in total. The Labute approximate surface area is 157 Å². The van der Waals surface area contributed by atoms with Crippen LogP contribution < -0.4 is 10.2 Å². The van der Waals surface area contributed by atoms with E-state index in [0.717, 1.165) is 55.8 Å². The molecule has 26 heavy (non-hydrogen) atoms. The molecule has 3 aliphatic heterocycles. The molecule has 1 aromatic carbocycles. The fourth-order valence-corrected chi connectivity index (χ4v) is 4.78. The van der Waals surface area contributed by atoms with E-state index in [1.165, 1.54) is 30.1 Å². The molecule has 2 bridgehead atoms. The number of nitrogens with zero attached hydrogens (tertiary/aromatic N) is 3. The summed E-state index contributed by atoms with van der Waals surface area (Å²) >= 11 is 1.44. The van der Waals surface area contributed by atoms with E-state index < -0.39 is 0 Å². The minimum Gasteiger partial charge on any atom is -0.381 e. The highest BCUT2D eigenvalue weighted by molar-refractivity contribution is 7.09. The van der Waals surface area contributed by atoms with Gasteiger partial charge in [-0.2, -0.15) is 4.37 Å². The second kappa shape index (κ2) is 7.13. The molecule has 3 fully saturated rings. The number of aromatic nitrogens is 2. The molecule has 3 aliphatic rings. The number of hydrogen-bond acceptors (Lipinski definition) is 7. The zero-order chi connectivity index (χ0) is 17.3. The van der Waals surface area contributed by atoms with Crippen molar-refractivity contribution in [3.8, 4) is 0 Å². The Balaban J connectivity index is 1.23. The Morgan fingerprint density at radius 2 is 1.73 bits per heavy atom. The highest BCUT2D eigenvalue weighted by Crippen LogP contribution is 2.31. The van der Waals surface area contributed by atoms with Gasteiger partial charge in [0, 0.05) is 55.1 Å². The summed E-state index contributed by atoms with van der Waals surface area (Å²) in [6, 6.07) is 8.63. The third-order valence-electron chi connectivity index (χ3n) is 5.56. The van der Waals surface area contributed by atoms with E-state index in [9.17, 15) is 0 Å². The summed E-state index contributed by atoms with van der Waals surface area (Å²) < 4.78 is 15.9. The second-order valence-electron chi connectivity index (χ2n) is 7.38. The lowest BCUT2D eigenvalue weighted by Gasteiger charge is -2.33. The van der Waals surface area contributed by atoms with Crippen LogP contribution in [0.4, 0.5) is 16.5 Å². The molecule has 1 aromatic heterocycles. The lowest BCUT2D eigenvalue weighted by atomic mass is 10.00. The van der Waals surface area contributed by atoms with Crippen LogP contribution in [0.15, 0.2) is 24.3 Å². The van der Waals surface area contributed by atoms with E-state index in [2.05, 4.69) is 43.8 Å². The van der Waals surface area contributed by atoms with E-state index in [-0.39, 0.29) is 0 Å². The average Bonchev–Trinajstić information content (AvgIpc) is 3.29. The maximum atomic E-state index is 5.93. The van der Waals surface area contributed by atoms with Gasteiger partial charge in [0.2, 0.25) is 5.13 Å². The molecule has 2 unspecified atom stereocenters. The molecule has 7 heteroatoms. The predicted octanol–water partition coefficient (Wildman–Crippen LogP) is 3.54. The van der Waals surface area contributed by atoms with Crippen LogP contribution in [-0.4, -0.2) is 47.9 Å². The molecule has 0 aliphatic carbocycles. The first-order valence-corrected chi connectivity index (χ1v) is 10.3. The SMILES string of the molecule is c1cc(N2CC3CCC(C2)O3)ccc1Nc1nc(C2CCOCC2)ns1. The Bertz CT molecular complexity index is 732. The minimum absolute atomic E-state index is 0.413. The number of rotatable bonds is 4. The number of hydrogen-bond donors (Lipinski definition) is 1. The molecule has 0 radical (unpaired) electrons. The summed E-state index contributed by atoms with van der Waals surface area (Å²) in [6.07, 6.45) is 5.27. The van der Waals surface area contributed by atoms with Crippen LogP contribution in [0, 0.1) is 0 Å². The van der Waals surface area contributed by atoms with Crippen LogP contribution in [0.5, 0.6) is 0 Å². The molecule has 0 spiro atoms. The van der Waals surface area contributed by atoms with Gasteiger partial charge in [0.15, 0.2) is 0 Å². The lowest BCUT2D eigenvalue weighted by molar-refractivity contribution is 0.0305. The summed E-state index contributed by atoms with van der Waals surface area (Å²) in [5.74, 6) is 1.40. The third kappa shape index (κ3) is 3.43. The van der Waals surface area contributed by atoms with Gasteiger partial charge >= 0.3 is 0 Å². The first-order chi connectivity index (χ1) is 12.8. The Morgan fingerprint density at radius 3 is 2.46 bits per heavy atom. The minimum atomic E-state index is 0.413. The highest BCUT2D eigenvalue weighted by Gasteiger charge is 2.33. The van der Waals surface area contributed by atoms with Crippen molar-refractivity contribution < 1.29 is 9.47 Å². The Hall–Kier alpha value is -1.70. The first kappa shape index (κ1) is 16.5. The van der Waals surface area contributed by atoms with Crippen molar-refractivity contribution >= 4 is 28.0 Å². The van der Waals surface area contributed by atoms with Crippen LogP contribution in [0.2, 0.25) is 0 Å². The van der Waals surface area contributed by atoms with Gasteiger partial charge in [-0.15, -0.1) is 0 Å².